The van der Waals surface area contributed by atoms with Gasteiger partial charge in [0.25, 0.3) is 0 Å². The van der Waals surface area contributed by atoms with Crippen LogP contribution in [0.15, 0.2) is 4.99 Å². The minimum absolute atomic E-state index is 0. The smallest absolute Gasteiger partial charge is 0.239 e. The van der Waals surface area contributed by atoms with Crippen molar-refractivity contribution in [1.82, 2.24) is 15.1 Å². The number of hydrogen-bond donors (Lipinski definition) is 2. The molecule has 1 saturated carbocycles. The highest BCUT2D eigenvalue weighted by Crippen LogP contribution is 2.26. The summed E-state index contributed by atoms with van der Waals surface area (Å²) in [7, 11) is 3.67. The summed E-state index contributed by atoms with van der Waals surface area (Å²) in [5.74, 6) is 1.55. The molecule has 7 heteroatoms. The maximum atomic E-state index is 12.1. The second kappa shape index (κ2) is 10.3. The van der Waals surface area contributed by atoms with Crippen molar-refractivity contribution in [3.05, 3.63) is 0 Å². The number of nitrogens with two attached hydrogens (primary N) is 1. The number of rotatable bonds is 7. The van der Waals surface area contributed by atoms with Crippen molar-refractivity contribution in [2.75, 3.05) is 40.3 Å². The minimum Gasteiger partial charge on any atom is -0.370 e. The Labute approximate surface area is 157 Å². The standard InChI is InChI=1S/C16H31N5O.HI/c1-20(2)15(22)14-8-4-10-21(14)11-5-9-18-16(17)19-12-13-6-3-7-13;/h13-14H,3-12H2,1-2H3,(H3,17,18,19);1H. The molecule has 0 aromatic heterocycles. The number of likely N-dealkylation sites (N-methyl/N-ethyl adjacent to an activating group) is 1. The van der Waals surface area contributed by atoms with Gasteiger partial charge >= 0.3 is 0 Å². The van der Waals surface area contributed by atoms with Crippen LogP contribution in [0.5, 0.6) is 0 Å². The van der Waals surface area contributed by atoms with Gasteiger partial charge in [0.05, 0.1) is 6.04 Å². The number of hydrogen-bond acceptors (Lipinski definition) is 3. The van der Waals surface area contributed by atoms with Crippen molar-refractivity contribution >= 4 is 35.8 Å². The quantitative estimate of drug-likeness (QED) is 0.272. The van der Waals surface area contributed by atoms with E-state index in [1.807, 2.05) is 14.1 Å². The third kappa shape index (κ3) is 6.45. The Balaban J connectivity index is 0.00000264. The Morgan fingerprint density at radius 1 is 1.30 bits per heavy atom. The number of nitrogens with zero attached hydrogens (tertiary/aromatic N) is 3. The molecule has 0 spiro atoms. The summed E-state index contributed by atoms with van der Waals surface area (Å²) in [6.07, 6.45) is 7.02. The highest BCUT2D eigenvalue weighted by molar-refractivity contribution is 14.0. The molecule has 1 aliphatic heterocycles. The molecule has 2 fully saturated rings. The minimum atomic E-state index is 0. The topological polar surface area (TPSA) is 74.0 Å². The van der Waals surface area contributed by atoms with Crippen LogP contribution in [0, 0.1) is 5.92 Å². The zero-order chi connectivity index (χ0) is 15.9. The molecule has 1 amide bonds. The number of carbonyl (C=O) groups is 1. The van der Waals surface area contributed by atoms with Gasteiger partial charge in [-0.1, -0.05) is 6.42 Å². The normalized spacial score (nSPS) is 22.3. The zero-order valence-corrected chi connectivity index (χ0v) is 16.8. The summed E-state index contributed by atoms with van der Waals surface area (Å²) in [5, 5.41) is 3.18. The van der Waals surface area contributed by atoms with Crippen LogP contribution in [0.4, 0.5) is 0 Å². The molecule has 0 bridgehead atoms. The van der Waals surface area contributed by atoms with Gasteiger partial charge in [0, 0.05) is 33.7 Å². The summed E-state index contributed by atoms with van der Waals surface area (Å²) in [6, 6.07) is 0.0691. The monoisotopic (exact) mass is 437 g/mol. The fourth-order valence-corrected chi connectivity index (χ4v) is 3.13. The first-order valence-electron chi connectivity index (χ1n) is 8.57. The molecule has 23 heavy (non-hydrogen) atoms. The van der Waals surface area contributed by atoms with Crippen molar-refractivity contribution in [3.63, 3.8) is 0 Å². The summed E-state index contributed by atoms with van der Waals surface area (Å²) in [5.41, 5.74) is 5.87. The van der Waals surface area contributed by atoms with E-state index in [1.54, 1.807) is 4.90 Å². The van der Waals surface area contributed by atoms with Gasteiger partial charge in [0.15, 0.2) is 5.96 Å². The second-order valence-electron chi connectivity index (χ2n) is 6.73. The van der Waals surface area contributed by atoms with Crippen LogP contribution < -0.4 is 11.1 Å². The predicted molar refractivity (Wildman–Crippen MR) is 105 cm³/mol. The lowest BCUT2D eigenvalue weighted by Gasteiger charge is -2.26. The predicted octanol–water partition coefficient (Wildman–Crippen LogP) is 1.25. The number of nitrogens with one attached hydrogen (secondary N) is 1. The molecule has 6 nitrogen and oxygen atoms in total. The van der Waals surface area contributed by atoms with Gasteiger partial charge in [-0.25, -0.2) is 0 Å². The molecular formula is C16H32IN5O. The number of carbonyl (C=O) groups excluding carboxylic acids is 1. The number of halogens is 1. The van der Waals surface area contributed by atoms with Crippen LogP contribution in [0.3, 0.4) is 0 Å². The Kier molecular flexibility index (Phi) is 9.19. The summed E-state index contributed by atoms with van der Waals surface area (Å²) >= 11 is 0. The molecule has 0 radical (unpaired) electrons. The number of guanidine groups is 1. The van der Waals surface area contributed by atoms with Gasteiger partial charge in [-0.3, -0.25) is 14.7 Å². The van der Waals surface area contributed by atoms with E-state index in [0.717, 1.165) is 51.4 Å². The maximum absolute atomic E-state index is 12.1. The number of amides is 1. The summed E-state index contributed by atoms with van der Waals surface area (Å²) < 4.78 is 0. The Hall–Kier alpha value is -0.570. The first-order valence-corrected chi connectivity index (χ1v) is 8.57. The molecule has 1 saturated heterocycles. The molecular weight excluding hydrogens is 405 g/mol. The van der Waals surface area contributed by atoms with Gasteiger partial charge in [-0.2, -0.15) is 0 Å². The average molecular weight is 437 g/mol. The fourth-order valence-electron chi connectivity index (χ4n) is 3.13. The molecule has 0 aromatic rings. The first kappa shape index (κ1) is 20.5. The maximum Gasteiger partial charge on any atom is 0.239 e. The Bertz CT molecular complexity index is 398. The fraction of sp³-hybridized carbons (Fsp3) is 0.875. The third-order valence-corrected chi connectivity index (χ3v) is 4.76. The van der Waals surface area contributed by atoms with Gasteiger partial charge in [-0.05, 0) is 44.6 Å². The van der Waals surface area contributed by atoms with Crippen LogP contribution >= 0.6 is 24.0 Å². The number of aliphatic imine (C=N–C) groups is 1. The van der Waals surface area contributed by atoms with Crippen LogP contribution in [0.1, 0.15) is 38.5 Å². The van der Waals surface area contributed by atoms with Crippen LogP contribution in [-0.4, -0.2) is 68.0 Å². The van der Waals surface area contributed by atoms with E-state index in [9.17, 15) is 4.79 Å². The van der Waals surface area contributed by atoms with Gasteiger partial charge in [-0.15, -0.1) is 24.0 Å². The van der Waals surface area contributed by atoms with E-state index in [1.165, 1.54) is 19.3 Å². The van der Waals surface area contributed by atoms with Gasteiger partial charge in [0.2, 0.25) is 5.91 Å². The molecule has 1 unspecified atom stereocenters. The Morgan fingerprint density at radius 2 is 2.04 bits per heavy atom. The second-order valence-corrected chi connectivity index (χ2v) is 6.73. The lowest BCUT2D eigenvalue weighted by Crippen LogP contribution is -2.43. The van der Waals surface area contributed by atoms with E-state index >= 15 is 0 Å². The summed E-state index contributed by atoms with van der Waals surface area (Å²) in [6.45, 7) is 3.65. The molecule has 2 aliphatic rings. The molecule has 0 aromatic carbocycles. The highest BCUT2D eigenvalue weighted by Gasteiger charge is 2.30. The molecule has 3 N–H and O–H groups in total. The Morgan fingerprint density at radius 3 is 2.65 bits per heavy atom. The van der Waals surface area contributed by atoms with Crippen LogP contribution in [-0.2, 0) is 4.79 Å². The third-order valence-electron chi connectivity index (χ3n) is 4.76. The largest absolute Gasteiger partial charge is 0.370 e. The first-order chi connectivity index (χ1) is 10.6. The average Bonchev–Trinajstić information content (AvgIpc) is 2.89. The molecule has 2 rings (SSSR count). The van der Waals surface area contributed by atoms with Gasteiger partial charge < -0.3 is 16.0 Å². The SMILES string of the molecule is CN(C)C(=O)C1CCCN1CCCNC(N)=NCC1CCC1.I. The van der Waals surface area contributed by atoms with E-state index in [-0.39, 0.29) is 35.9 Å². The van der Waals surface area contributed by atoms with Crippen molar-refractivity contribution in [2.45, 2.75) is 44.6 Å². The van der Waals surface area contributed by atoms with Crippen molar-refractivity contribution in [3.8, 4) is 0 Å². The van der Waals surface area contributed by atoms with Crippen molar-refractivity contribution in [1.29, 1.82) is 0 Å². The van der Waals surface area contributed by atoms with Crippen LogP contribution in [0.25, 0.3) is 0 Å². The molecule has 1 atom stereocenters. The summed E-state index contributed by atoms with van der Waals surface area (Å²) in [4.78, 5) is 20.5. The van der Waals surface area contributed by atoms with Gasteiger partial charge in [0.1, 0.15) is 0 Å². The molecule has 134 valence electrons. The van der Waals surface area contributed by atoms with Crippen LogP contribution in [0.2, 0.25) is 0 Å². The highest BCUT2D eigenvalue weighted by atomic mass is 127. The zero-order valence-electron chi connectivity index (χ0n) is 14.5. The van der Waals surface area contributed by atoms with Crippen molar-refractivity contribution < 1.29 is 4.79 Å². The van der Waals surface area contributed by atoms with Crippen molar-refractivity contribution in [2.24, 2.45) is 16.6 Å². The van der Waals surface area contributed by atoms with E-state index in [2.05, 4.69) is 15.2 Å². The lowest BCUT2D eigenvalue weighted by atomic mass is 9.86. The number of likely N-dealkylation sites (tertiary alicyclic amines) is 1. The lowest BCUT2D eigenvalue weighted by molar-refractivity contribution is -0.133. The van der Waals surface area contributed by atoms with E-state index < -0.39 is 0 Å². The van der Waals surface area contributed by atoms with E-state index in [0.29, 0.717) is 5.96 Å². The molecule has 1 heterocycles. The molecule has 1 aliphatic carbocycles. The van der Waals surface area contributed by atoms with E-state index in [4.69, 9.17) is 5.73 Å².